The van der Waals surface area contributed by atoms with Gasteiger partial charge in [0.25, 0.3) is 0 Å². The van der Waals surface area contributed by atoms with Crippen LogP contribution in [0.25, 0.3) is 0 Å². The highest BCUT2D eigenvalue weighted by atomic mass is 35.5. The number of rotatable bonds is 7. The number of nitrogens with one attached hydrogen (secondary N) is 1. The first-order chi connectivity index (χ1) is 8.95. The summed E-state index contributed by atoms with van der Waals surface area (Å²) in [5, 5.41) is 3.97. The molecule has 0 aliphatic heterocycles. The molecule has 0 saturated heterocycles. The maximum absolute atomic E-state index is 11.2. The van der Waals surface area contributed by atoms with Crippen LogP contribution in [0, 0.1) is 0 Å². The van der Waals surface area contributed by atoms with Crippen LogP contribution in [0.15, 0.2) is 18.2 Å². The molecule has 1 rings (SSSR count). The second kappa shape index (κ2) is 7.36. The third kappa shape index (κ3) is 4.73. The molecule has 0 radical (unpaired) electrons. The Morgan fingerprint density at radius 1 is 1.47 bits per heavy atom. The van der Waals surface area contributed by atoms with Crippen molar-refractivity contribution in [3.63, 3.8) is 0 Å². The first-order valence-corrected chi connectivity index (χ1v) is 6.87. The molecule has 0 bridgehead atoms. The van der Waals surface area contributed by atoms with E-state index in [0.29, 0.717) is 11.6 Å². The minimum atomic E-state index is -0.335. The molecule has 4 nitrogen and oxygen atoms in total. The van der Waals surface area contributed by atoms with Gasteiger partial charge in [0.1, 0.15) is 0 Å². The highest BCUT2D eigenvalue weighted by Gasteiger charge is 2.16. The van der Waals surface area contributed by atoms with Crippen LogP contribution in [-0.4, -0.2) is 25.0 Å². The summed E-state index contributed by atoms with van der Waals surface area (Å²) in [7, 11) is 0. The van der Waals surface area contributed by atoms with Crippen LogP contribution in [-0.2, 0) is 11.3 Å². The SMILES string of the molecule is CCNCc1cc(Cl)ccc1N(CC(N)=O)C(C)C. The third-order valence-electron chi connectivity index (χ3n) is 2.87. The maximum Gasteiger partial charge on any atom is 0.236 e. The number of halogens is 1. The lowest BCUT2D eigenvalue weighted by Crippen LogP contribution is -2.39. The van der Waals surface area contributed by atoms with Crippen molar-refractivity contribution >= 4 is 23.2 Å². The Kier molecular flexibility index (Phi) is 6.12. The summed E-state index contributed by atoms with van der Waals surface area (Å²) in [5.74, 6) is -0.335. The van der Waals surface area contributed by atoms with E-state index in [4.69, 9.17) is 17.3 Å². The zero-order valence-corrected chi connectivity index (χ0v) is 12.5. The summed E-state index contributed by atoms with van der Waals surface area (Å²) in [6.45, 7) is 7.92. The fourth-order valence-corrected chi connectivity index (χ4v) is 2.14. The first kappa shape index (κ1) is 15.8. The Hall–Kier alpha value is -1.26. The van der Waals surface area contributed by atoms with E-state index < -0.39 is 0 Å². The van der Waals surface area contributed by atoms with Gasteiger partial charge in [-0.05, 0) is 44.2 Å². The Morgan fingerprint density at radius 3 is 2.68 bits per heavy atom. The van der Waals surface area contributed by atoms with Crippen molar-refractivity contribution in [1.29, 1.82) is 0 Å². The highest BCUT2D eigenvalue weighted by molar-refractivity contribution is 6.30. The van der Waals surface area contributed by atoms with Crippen molar-refractivity contribution < 1.29 is 4.79 Å². The van der Waals surface area contributed by atoms with Crippen LogP contribution in [0.1, 0.15) is 26.3 Å². The van der Waals surface area contributed by atoms with Gasteiger partial charge < -0.3 is 16.0 Å². The van der Waals surface area contributed by atoms with Gasteiger partial charge in [-0.3, -0.25) is 4.79 Å². The van der Waals surface area contributed by atoms with Crippen LogP contribution in [0.2, 0.25) is 5.02 Å². The fraction of sp³-hybridized carbons (Fsp3) is 0.500. The molecule has 0 aromatic heterocycles. The minimum Gasteiger partial charge on any atom is -0.368 e. The molecule has 5 heteroatoms. The van der Waals surface area contributed by atoms with E-state index in [1.165, 1.54) is 0 Å². The number of benzene rings is 1. The standard InChI is InChI=1S/C14H22ClN3O/c1-4-17-8-11-7-12(15)5-6-13(11)18(10(2)3)9-14(16)19/h5-7,10,17H,4,8-9H2,1-3H3,(H2,16,19). The number of carbonyl (C=O) groups excluding carboxylic acids is 1. The Morgan fingerprint density at radius 2 is 2.16 bits per heavy atom. The van der Waals surface area contributed by atoms with Crippen LogP contribution in [0.5, 0.6) is 0 Å². The van der Waals surface area contributed by atoms with E-state index in [9.17, 15) is 4.79 Å². The number of carbonyl (C=O) groups is 1. The summed E-state index contributed by atoms with van der Waals surface area (Å²) in [4.78, 5) is 13.2. The topological polar surface area (TPSA) is 58.4 Å². The average molecular weight is 284 g/mol. The monoisotopic (exact) mass is 283 g/mol. The van der Waals surface area contributed by atoms with Crippen LogP contribution in [0.3, 0.4) is 0 Å². The van der Waals surface area contributed by atoms with Crippen molar-refractivity contribution in [3.8, 4) is 0 Å². The summed E-state index contributed by atoms with van der Waals surface area (Å²) < 4.78 is 0. The average Bonchev–Trinajstić information content (AvgIpc) is 2.33. The van der Waals surface area contributed by atoms with E-state index in [1.807, 2.05) is 43.9 Å². The zero-order valence-electron chi connectivity index (χ0n) is 11.7. The molecule has 0 atom stereocenters. The van der Waals surface area contributed by atoms with Gasteiger partial charge in [0, 0.05) is 23.3 Å². The smallest absolute Gasteiger partial charge is 0.236 e. The number of amides is 1. The fourth-order valence-electron chi connectivity index (χ4n) is 1.95. The Balaban J connectivity index is 3.09. The van der Waals surface area contributed by atoms with E-state index in [1.54, 1.807) is 0 Å². The van der Waals surface area contributed by atoms with Crippen molar-refractivity contribution in [1.82, 2.24) is 5.32 Å². The van der Waals surface area contributed by atoms with Gasteiger partial charge in [0.15, 0.2) is 0 Å². The summed E-state index contributed by atoms with van der Waals surface area (Å²) in [6, 6.07) is 5.89. The van der Waals surface area contributed by atoms with Crippen molar-refractivity contribution in [2.45, 2.75) is 33.4 Å². The van der Waals surface area contributed by atoms with Gasteiger partial charge in [-0.15, -0.1) is 0 Å². The zero-order chi connectivity index (χ0) is 14.4. The molecule has 1 aromatic rings. The predicted molar refractivity (Wildman–Crippen MR) is 80.5 cm³/mol. The predicted octanol–water partition coefficient (Wildman–Crippen LogP) is 2.15. The molecule has 0 fully saturated rings. The van der Waals surface area contributed by atoms with Crippen molar-refractivity contribution in [2.24, 2.45) is 5.73 Å². The molecule has 0 saturated carbocycles. The molecular weight excluding hydrogens is 262 g/mol. The molecule has 106 valence electrons. The van der Waals surface area contributed by atoms with E-state index in [0.717, 1.165) is 17.8 Å². The van der Waals surface area contributed by atoms with Crippen LogP contribution in [0.4, 0.5) is 5.69 Å². The molecule has 1 aromatic carbocycles. The van der Waals surface area contributed by atoms with Crippen molar-refractivity contribution in [3.05, 3.63) is 28.8 Å². The first-order valence-electron chi connectivity index (χ1n) is 6.49. The molecule has 0 aliphatic carbocycles. The lowest BCUT2D eigenvalue weighted by atomic mass is 10.1. The van der Waals surface area contributed by atoms with Gasteiger partial charge in [-0.25, -0.2) is 0 Å². The molecule has 0 unspecified atom stereocenters. The number of nitrogens with two attached hydrogens (primary N) is 1. The lowest BCUT2D eigenvalue weighted by Gasteiger charge is -2.30. The third-order valence-corrected chi connectivity index (χ3v) is 3.10. The summed E-state index contributed by atoms with van der Waals surface area (Å²) in [5.41, 5.74) is 7.40. The lowest BCUT2D eigenvalue weighted by molar-refractivity contribution is -0.116. The Labute approximate surface area is 119 Å². The number of nitrogens with zero attached hydrogens (tertiary/aromatic N) is 1. The number of anilines is 1. The second-order valence-electron chi connectivity index (χ2n) is 4.74. The maximum atomic E-state index is 11.2. The van der Waals surface area contributed by atoms with E-state index >= 15 is 0 Å². The van der Waals surface area contributed by atoms with Gasteiger partial charge in [0.05, 0.1) is 6.54 Å². The van der Waals surface area contributed by atoms with Crippen LogP contribution < -0.4 is 16.0 Å². The molecular formula is C14H22ClN3O. The molecule has 19 heavy (non-hydrogen) atoms. The molecule has 0 aliphatic rings. The molecule has 3 N–H and O–H groups in total. The highest BCUT2D eigenvalue weighted by Crippen LogP contribution is 2.26. The van der Waals surface area contributed by atoms with E-state index in [2.05, 4.69) is 5.32 Å². The Bertz CT molecular complexity index is 435. The van der Waals surface area contributed by atoms with Crippen LogP contribution >= 0.6 is 11.6 Å². The van der Waals surface area contributed by atoms with E-state index in [-0.39, 0.29) is 18.5 Å². The quantitative estimate of drug-likeness (QED) is 0.806. The molecule has 0 spiro atoms. The number of primary amides is 1. The number of hydrogen-bond donors (Lipinski definition) is 2. The second-order valence-corrected chi connectivity index (χ2v) is 5.18. The summed E-state index contributed by atoms with van der Waals surface area (Å²) >= 11 is 6.05. The normalized spacial score (nSPS) is 10.8. The van der Waals surface area contributed by atoms with Crippen molar-refractivity contribution in [2.75, 3.05) is 18.0 Å². The summed E-state index contributed by atoms with van der Waals surface area (Å²) in [6.07, 6.45) is 0. The van der Waals surface area contributed by atoms with Gasteiger partial charge >= 0.3 is 0 Å². The van der Waals surface area contributed by atoms with Gasteiger partial charge in [-0.1, -0.05) is 18.5 Å². The largest absolute Gasteiger partial charge is 0.368 e. The minimum absolute atomic E-state index is 0.189. The van der Waals surface area contributed by atoms with Gasteiger partial charge in [-0.2, -0.15) is 0 Å². The molecule has 0 heterocycles. The number of hydrogen-bond acceptors (Lipinski definition) is 3. The van der Waals surface area contributed by atoms with Gasteiger partial charge in [0.2, 0.25) is 5.91 Å². The molecule has 1 amide bonds.